The van der Waals surface area contributed by atoms with E-state index in [9.17, 15) is 4.79 Å². The van der Waals surface area contributed by atoms with Gasteiger partial charge in [0.25, 0.3) is 0 Å². The van der Waals surface area contributed by atoms with Gasteiger partial charge in [0.15, 0.2) is 0 Å². The van der Waals surface area contributed by atoms with Crippen molar-refractivity contribution in [2.45, 2.75) is 93.9 Å². The Bertz CT molecular complexity index is 383. The van der Waals surface area contributed by atoms with Crippen LogP contribution in [0, 0.1) is 11.8 Å². The molecule has 0 heterocycles. The summed E-state index contributed by atoms with van der Waals surface area (Å²) in [5.74, 6) is 1.20. The fraction of sp³-hybridized carbons (Fsp3) is 0.773. The lowest BCUT2D eigenvalue weighted by atomic mass is 9.97. The van der Waals surface area contributed by atoms with Crippen LogP contribution in [0.25, 0.3) is 0 Å². The van der Waals surface area contributed by atoms with Gasteiger partial charge in [0.2, 0.25) is 0 Å². The molecule has 0 rings (SSSR count). The van der Waals surface area contributed by atoms with E-state index in [0.29, 0.717) is 24.9 Å². The van der Waals surface area contributed by atoms with Crippen LogP contribution in [-0.2, 0) is 4.79 Å². The molecule has 24 heavy (non-hydrogen) atoms. The monoisotopic (exact) mass is 338 g/mol. The number of hydrogen-bond donors (Lipinski definition) is 1. The van der Waals surface area contributed by atoms with Gasteiger partial charge in [0.05, 0.1) is 0 Å². The molecule has 1 N–H and O–H groups in total. The number of allylic oxidation sites excluding steroid dienone is 4. The van der Waals surface area contributed by atoms with Crippen LogP contribution in [0.1, 0.15) is 93.9 Å². The normalized spacial score (nSPS) is 12.5. The van der Waals surface area contributed by atoms with Crippen molar-refractivity contribution in [1.82, 2.24) is 0 Å². The van der Waals surface area contributed by atoms with Gasteiger partial charge in [-0.15, -0.1) is 0 Å². The summed E-state index contributed by atoms with van der Waals surface area (Å²) >= 11 is 0. The zero-order valence-electron chi connectivity index (χ0n) is 17.5. The highest BCUT2D eigenvalue weighted by Gasteiger charge is 2.02. The second-order valence-corrected chi connectivity index (χ2v) is 7.76. The van der Waals surface area contributed by atoms with Crippen molar-refractivity contribution < 1.29 is 9.90 Å². The van der Waals surface area contributed by atoms with E-state index in [0.717, 1.165) is 25.5 Å². The van der Waals surface area contributed by atoms with Crippen molar-refractivity contribution >= 4 is 6.29 Å². The van der Waals surface area contributed by atoms with Crippen molar-refractivity contribution in [1.29, 1.82) is 0 Å². The molecule has 0 saturated carbocycles. The van der Waals surface area contributed by atoms with Crippen LogP contribution >= 0.6 is 0 Å². The summed E-state index contributed by atoms with van der Waals surface area (Å²) in [7, 11) is 0. The quantitative estimate of drug-likeness (QED) is 0.365. The Kier molecular flexibility index (Phi) is 16.5. The zero-order chi connectivity index (χ0) is 19.1. The van der Waals surface area contributed by atoms with E-state index in [1.165, 1.54) is 35.1 Å². The van der Waals surface area contributed by atoms with Crippen LogP contribution in [0.5, 0.6) is 0 Å². The molecule has 0 spiro atoms. The minimum Gasteiger partial charge on any atom is -0.396 e. The lowest BCUT2D eigenvalue weighted by Gasteiger charge is -2.10. The fourth-order valence-corrected chi connectivity index (χ4v) is 2.07. The van der Waals surface area contributed by atoms with Crippen molar-refractivity contribution in [2.24, 2.45) is 11.8 Å². The number of aliphatic hydroxyl groups excluding tert-OH is 1. The Morgan fingerprint density at radius 3 is 1.54 bits per heavy atom. The Hall–Kier alpha value is -0.890. The molecule has 2 nitrogen and oxygen atoms in total. The molecular weight excluding hydrogens is 296 g/mol. The summed E-state index contributed by atoms with van der Waals surface area (Å²) in [6.07, 6.45) is 7.32. The summed E-state index contributed by atoms with van der Waals surface area (Å²) < 4.78 is 0. The number of rotatable bonds is 10. The van der Waals surface area contributed by atoms with E-state index in [2.05, 4.69) is 55.4 Å². The number of carbonyl (C=O) groups is 1. The molecular formula is C22H42O2. The molecule has 2 unspecified atom stereocenters. The van der Waals surface area contributed by atoms with E-state index in [1.807, 2.05) is 0 Å². The Morgan fingerprint density at radius 1 is 0.792 bits per heavy atom. The van der Waals surface area contributed by atoms with Gasteiger partial charge in [-0.2, -0.15) is 0 Å². The minimum absolute atomic E-state index is 0.328. The smallest absolute Gasteiger partial charge is 0.120 e. The van der Waals surface area contributed by atoms with Gasteiger partial charge in [-0.1, -0.05) is 36.1 Å². The van der Waals surface area contributed by atoms with Gasteiger partial charge in [0, 0.05) is 13.0 Å². The predicted molar refractivity (Wildman–Crippen MR) is 107 cm³/mol. The van der Waals surface area contributed by atoms with Crippen molar-refractivity contribution in [3.8, 4) is 0 Å². The molecule has 0 aliphatic heterocycles. The van der Waals surface area contributed by atoms with Crippen LogP contribution in [0.4, 0.5) is 0 Å². The van der Waals surface area contributed by atoms with E-state index >= 15 is 0 Å². The molecule has 0 amide bonds. The summed E-state index contributed by atoms with van der Waals surface area (Å²) in [5, 5.41) is 8.70. The minimum atomic E-state index is 0.328. The van der Waals surface area contributed by atoms with Gasteiger partial charge in [-0.3, -0.25) is 0 Å². The first-order chi connectivity index (χ1) is 11.1. The fourth-order valence-electron chi connectivity index (χ4n) is 2.07. The molecule has 0 aromatic heterocycles. The second kappa shape index (κ2) is 15.6. The maximum atomic E-state index is 10.2. The van der Waals surface area contributed by atoms with E-state index in [4.69, 9.17) is 5.11 Å². The third-order valence-electron chi connectivity index (χ3n) is 4.85. The third kappa shape index (κ3) is 16.0. The van der Waals surface area contributed by atoms with Crippen molar-refractivity contribution in [3.63, 3.8) is 0 Å². The van der Waals surface area contributed by atoms with Gasteiger partial charge in [-0.25, -0.2) is 0 Å². The highest BCUT2D eigenvalue weighted by molar-refractivity contribution is 5.49. The van der Waals surface area contributed by atoms with Crippen molar-refractivity contribution in [2.75, 3.05) is 6.61 Å². The first-order valence-corrected chi connectivity index (χ1v) is 9.45. The molecule has 0 aliphatic rings. The standard InChI is InChI=1S/C11H22O.C11H20O/c2*1-9(2)11(4)6-5-10(3)7-8-12/h10,12H,5-8H2,1-4H3;8,10H,5-7H2,1-4H3. The van der Waals surface area contributed by atoms with Crippen molar-refractivity contribution in [3.05, 3.63) is 22.3 Å². The molecule has 0 aromatic rings. The third-order valence-corrected chi connectivity index (χ3v) is 4.85. The highest BCUT2D eigenvalue weighted by atomic mass is 16.3. The Balaban J connectivity index is 0. The molecule has 142 valence electrons. The maximum Gasteiger partial charge on any atom is 0.120 e. The van der Waals surface area contributed by atoms with E-state index in [-0.39, 0.29) is 0 Å². The van der Waals surface area contributed by atoms with Gasteiger partial charge >= 0.3 is 0 Å². The maximum absolute atomic E-state index is 10.2. The molecule has 2 heteroatoms. The summed E-state index contributed by atoms with van der Waals surface area (Å²) in [5.41, 5.74) is 5.81. The first-order valence-electron chi connectivity index (χ1n) is 9.45. The summed E-state index contributed by atoms with van der Waals surface area (Å²) in [6.45, 7) is 17.6. The Morgan fingerprint density at radius 2 is 1.21 bits per heavy atom. The Labute approximate surface area is 151 Å². The predicted octanol–water partition coefficient (Wildman–Crippen LogP) is 6.49. The average Bonchev–Trinajstić information content (AvgIpc) is 2.51. The molecule has 0 fully saturated rings. The lowest BCUT2D eigenvalue weighted by Crippen LogP contribution is -1.98. The number of aliphatic hydroxyl groups is 1. The van der Waals surface area contributed by atoms with E-state index < -0.39 is 0 Å². The highest BCUT2D eigenvalue weighted by Crippen LogP contribution is 2.17. The molecule has 0 bridgehead atoms. The lowest BCUT2D eigenvalue weighted by molar-refractivity contribution is -0.108. The summed E-state index contributed by atoms with van der Waals surface area (Å²) in [4.78, 5) is 10.2. The zero-order valence-corrected chi connectivity index (χ0v) is 17.5. The molecule has 2 atom stereocenters. The van der Waals surface area contributed by atoms with E-state index in [1.54, 1.807) is 0 Å². The molecule has 0 saturated heterocycles. The van der Waals surface area contributed by atoms with Crippen LogP contribution < -0.4 is 0 Å². The van der Waals surface area contributed by atoms with Crippen LogP contribution in [0.2, 0.25) is 0 Å². The second-order valence-electron chi connectivity index (χ2n) is 7.76. The first kappa shape index (κ1) is 25.4. The topological polar surface area (TPSA) is 37.3 Å². The number of aldehydes is 1. The van der Waals surface area contributed by atoms with Gasteiger partial charge in [-0.05, 0) is 85.5 Å². The van der Waals surface area contributed by atoms with Crippen LogP contribution in [0.3, 0.4) is 0 Å². The van der Waals surface area contributed by atoms with Crippen LogP contribution in [-0.4, -0.2) is 18.0 Å². The molecule has 0 aliphatic carbocycles. The number of carbonyl (C=O) groups excluding carboxylic acids is 1. The average molecular weight is 339 g/mol. The van der Waals surface area contributed by atoms with Gasteiger partial charge < -0.3 is 9.90 Å². The SMILES string of the molecule is CC(C)=C(C)CCC(C)CC=O.CC(C)=C(C)CCC(C)CCO. The summed E-state index contributed by atoms with van der Waals surface area (Å²) in [6, 6.07) is 0. The largest absolute Gasteiger partial charge is 0.396 e. The van der Waals surface area contributed by atoms with Gasteiger partial charge in [0.1, 0.15) is 6.29 Å². The number of hydrogen-bond acceptors (Lipinski definition) is 2. The van der Waals surface area contributed by atoms with Crippen LogP contribution in [0.15, 0.2) is 22.3 Å². The molecule has 0 radical (unpaired) electrons. The molecule has 0 aromatic carbocycles.